The van der Waals surface area contributed by atoms with E-state index in [1.165, 1.54) is 12.8 Å². The minimum absolute atomic E-state index is 0.377. The summed E-state index contributed by atoms with van der Waals surface area (Å²) in [7, 11) is 0. The first-order valence-corrected chi connectivity index (χ1v) is 5.98. The second kappa shape index (κ2) is 10.0. The molecule has 0 N–H and O–H groups in total. The summed E-state index contributed by atoms with van der Waals surface area (Å²) < 4.78 is 5.40. The van der Waals surface area contributed by atoms with Crippen LogP contribution in [0.15, 0.2) is 0 Å². The standard InChI is InChI=1S/C9H15NO.C4H10/c1-3-4-5-10-6-7-11-9(2)8-10;1-3-4-2/h9H,5-8H2,1-2H3;3-4H2,1-2H3/t9-;/m0./s1. The zero-order chi connectivity index (χ0) is 11.5. The molecule has 1 aliphatic rings. The van der Waals surface area contributed by atoms with Gasteiger partial charge in [-0.25, -0.2) is 0 Å². The Kier molecular flexibility index (Phi) is 9.67. The Bertz CT molecular complexity index is 190. The van der Waals surface area contributed by atoms with Crippen LogP contribution in [0, 0.1) is 11.8 Å². The Balaban J connectivity index is 0.000000423. The van der Waals surface area contributed by atoms with Crippen molar-refractivity contribution in [2.24, 2.45) is 0 Å². The number of rotatable bonds is 2. The van der Waals surface area contributed by atoms with Gasteiger partial charge in [0.25, 0.3) is 0 Å². The molecule has 0 aromatic heterocycles. The third-order valence-corrected chi connectivity index (χ3v) is 2.30. The summed E-state index contributed by atoms with van der Waals surface area (Å²) in [5, 5.41) is 0. The first-order chi connectivity index (χ1) is 7.24. The molecule has 1 aliphatic heterocycles. The topological polar surface area (TPSA) is 12.5 Å². The second-order valence-electron chi connectivity index (χ2n) is 3.84. The van der Waals surface area contributed by atoms with Gasteiger partial charge in [-0.1, -0.05) is 32.6 Å². The van der Waals surface area contributed by atoms with E-state index in [2.05, 4.69) is 37.5 Å². The zero-order valence-electron chi connectivity index (χ0n) is 10.7. The van der Waals surface area contributed by atoms with Crippen molar-refractivity contribution in [3.63, 3.8) is 0 Å². The van der Waals surface area contributed by atoms with Crippen LogP contribution in [-0.4, -0.2) is 37.2 Å². The first kappa shape index (κ1) is 14.5. The summed E-state index contributed by atoms with van der Waals surface area (Å²) in [4.78, 5) is 2.32. The molecular formula is C13H25NO. The van der Waals surface area contributed by atoms with Crippen molar-refractivity contribution < 1.29 is 4.74 Å². The summed E-state index contributed by atoms with van der Waals surface area (Å²) in [5.41, 5.74) is 0. The number of hydrogen-bond acceptors (Lipinski definition) is 2. The lowest BCUT2D eigenvalue weighted by Gasteiger charge is -2.29. The molecule has 0 spiro atoms. The number of hydrogen-bond donors (Lipinski definition) is 0. The summed E-state index contributed by atoms with van der Waals surface area (Å²) in [6.07, 6.45) is 3.02. The quantitative estimate of drug-likeness (QED) is 0.651. The van der Waals surface area contributed by atoms with E-state index < -0.39 is 0 Å². The van der Waals surface area contributed by atoms with Gasteiger partial charge < -0.3 is 4.74 Å². The lowest BCUT2D eigenvalue weighted by Crippen LogP contribution is -2.41. The normalized spacial score (nSPS) is 20.9. The molecule has 88 valence electrons. The van der Waals surface area contributed by atoms with Gasteiger partial charge in [0.15, 0.2) is 0 Å². The first-order valence-electron chi connectivity index (χ1n) is 5.98. The minimum atomic E-state index is 0.377. The van der Waals surface area contributed by atoms with Crippen molar-refractivity contribution in [1.29, 1.82) is 0 Å². The van der Waals surface area contributed by atoms with Gasteiger partial charge >= 0.3 is 0 Å². The molecule has 1 saturated heterocycles. The van der Waals surface area contributed by atoms with Gasteiger partial charge in [-0.15, -0.1) is 5.92 Å². The fourth-order valence-corrected chi connectivity index (χ4v) is 1.23. The third kappa shape index (κ3) is 8.47. The summed E-state index contributed by atoms with van der Waals surface area (Å²) in [6, 6.07) is 0. The highest BCUT2D eigenvalue weighted by Crippen LogP contribution is 2.02. The maximum absolute atomic E-state index is 5.40. The van der Waals surface area contributed by atoms with Crippen LogP contribution in [0.2, 0.25) is 0 Å². The zero-order valence-corrected chi connectivity index (χ0v) is 10.7. The Morgan fingerprint density at radius 3 is 2.47 bits per heavy atom. The van der Waals surface area contributed by atoms with Crippen molar-refractivity contribution in [1.82, 2.24) is 4.90 Å². The highest BCUT2D eigenvalue weighted by molar-refractivity contribution is 4.98. The molecule has 0 aromatic carbocycles. The highest BCUT2D eigenvalue weighted by atomic mass is 16.5. The molecule has 0 aliphatic carbocycles. The molecule has 1 heterocycles. The lowest BCUT2D eigenvalue weighted by molar-refractivity contribution is -0.0133. The van der Waals surface area contributed by atoms with Gasteiger partial charge in [-0.3, -0.25) is 4.90 Å². The average Bonchev–Trinajstić information content (AvgIpc) is 2.27. The SMILES string of the molecule is CC#CCN1CCO[C@@H](C)C1.CCCC. The second-order valence-corrected chi connectivity index (χ2v) is 3.84. The predicted molar refractivity (Wildman–Crippen MR) is 65.9 cm³/mol. The summed E-state index contributed by atoms with van der Waals surface area (Å²) in [6.45, 7) is 12.1. The van der Waals surface area contributed by atoms with E-state index in [9.17, 15) is 0 Å². The van der Waals surface area contributed by atoms with Crippen LogP contribution in [-0.2, 0) is 4.74 Å². The number of ether oxygens (including phenoxy) is 1. The maximum atomic E-state index is 5.40. The van der Waals surface area contributed by atoms with E-state index in [-0.39, 0.29) is 0 Å². The minimum Gasteiger partial charge on any atom is -0.376 e. The van der Waals surface area contributed by atoms with Gasteiger partial charge in [-0.05, 0) is 13.8 Å². The molecule has 0 amide bonds. The molecule has 1 atom stereocenters. The van der Waals surface area contributed by atoms with Crippen molar-refractivity contribution in [2.75, 3.05) is 26.2 Å². The molecule has 2 heteroatoms. The molecule has 0 saturated carbocycles. The fourth-order valence-electron chi connectivity index (χ4n) is 1.23. The van der Waals surface area contributed by atoms with Gasteiger partial charge in [0.05, 0.1) is 19.3 Å². The Morgan fingerprint density at radius 1 is 1.33 bits per heavy atom. The monoisotopic (exact) mass is 211 g/mol. The Labute approximate surface area is 95.0 Å². The molecule has 15 heavy (non-hydrogen) atoms. The van der Waals surface area contributed by atoms with Crippen LogP contribution >= 0.6 is 0 Å². The van der Waals surface area contributed by atoms with Crippen LogP contribution in [0.3, 0.4) is 0 Å². The molecule has 1 rings (SSSR count). The van der Waals surface area contributed by atoms with E-state index in [1.54, 1.807) is 0 Å². The van der Waals surface area contributed by atoms with Crippen LogP contribution in [0.25, 0.3) is 0 Å². The average molecular weight is 211 g/mol. The van der Waals surface area contributed by atoms with Crippen molar-refractivity contribution in [2.45, 2.75) is 46.6 Å². The number of morpholine rings is 1. The van der Waals surface area contributed by atoms with Crippen LogP contribution in [0.5, 0.6) is 0 Å². The molecule has 0 bridgehead atoms. The number of unbranched alkanes of at least 4 members (excludes halogenated alkanes) is 1. The van der Waals surface area contributed by atoms with Crippen LogP contribution < -0.4 is 0 Å². The van der Waals surface area contributed by atoms with Gasteiger partial charge in [0, 0.05) is 13.1 Å². The molecule has 2 nitrogen and oxygen atoms in total. The van der Waals surface area contributed by atoms with E-state index >= 15 is 0 Å². The molecular weight excluding hydrogens is 186 g/mol. The van der Waals surface area contributed by atoms with Crippen LogP contribution in [0.1, 0.15) is 40.5 Å². The molecule has 0 radical (unpaired) electrons. The van der Waals surface area contributed by atoms with E-state index in [4.69, 9.17) is 4.74 Å². The number of nitrogens with zero attached hydrogens (tertiary/aromatic N) is 1. The Hall–Kier alpha value is -0.520. The summed E-state index contributed by atoms with van der Waals surface area (Å²) >= 11 is 0. The molecule has 0 unspecified atom stereocenters. The smallest absolute Gasteiger partial charge is 0.0674 e. The van der Waals surface area contributed by atoms with Gasteiger partial charge in [-0.2, -0.15) is 0 Å². The van der Waals surface area contributed by atoms with Gasteiger partial charge in [0.1, 0.15) is 0 Å². The van der Waals surface area contributed by atoms with E-state index in [0.29, 0.717) is 6.10 Å². The van der Waals surface area contributed by atoms with Crippen molar-refractivity contribution in [3.05, 3.63) is 0 Å². The van der Waals surface area contributed by atoms with Crippen molar-refractivity contribution in [3.8, 4) is 11.8 Å². The lowest BCUT2D eigenvalue weighted by atomic mass is 10.3. The van der Waals surface area contributed by atoms with Gasteiger partial charge in [0.2, 0.25) is 0 Å². The fraction of sp³-hybridized carbons (Fsp3) is 0.846. The Morgan fingerprint density at radius 2 is 2.00 bits per heavy atom. The predicted octanol–water partition coefficient (Wildman–Crippen LogP) is 2.54. The van der Waals surface area contributed by atoms with E-state index in [0.717, 1.165) is 26.2 Å². The third-order valence-electron chi connectivity index (χ3n) is 2.30. The molecule has 0 aromatic rings. The highest BCUT2D eigenvalue weighted by Gasteiger charge is 2.14. The maximum Gasteiger partial charge on any atom is 0.0674 e. The molecule has 1 fully saturated rings. The summed E-state index contributed by atoms with van der Waals surface area (Å²) in [5.74, 6) is 5.96. The largest absolute Gasteiger partial charge is 0.376 e. The van der Waals surface area contributed by atoms with E-state index in [1.807, 2.05) is 6.92 Å². The van der Waals surface area contributed by atoms with Crippen LogP contribution in [0.4, 0.5) is 0 Å². The van der Waals surface area contributed by atoms with Crippen molar-refractivity contribution >= 4 is 0 Å².